The van der Waals surface area contributed by atoms with Crippen molar-refractivity contribution in [1.82, 2.24) is 9.80 Å². The highest BCUT2D eigenvalue weighted by Gasteiger charge is 2.16. The topological polar surface area (TPSA) is 70.8 Å². The minimum Gasteiger partial charge on any atom is -0.476 e. The Kier molecular flexibility index (Phi) is 10.2. The minimum absolute atomic E-state index is 0.128. The third kappa shape index (κ3) is 8.03. The molecule has 0 aliphatic heterocycles. The average Bonchev–Trinajstić information content (AvgIpc) is 2.86. The second-order valence-corrected chi connectivity index (χ2v) is 9.62. The summed E-state index contributed by atoms with van der Waals surface area (Å²) in [7, 11) is 4.20. The summed E-state index contributed by atoms with van der Waals surface area (Å²) in [5.41, 5.74) is 9.38. The van der Waals surface area contributed by atoms with Crippen molar-refractivity contribution in [2.45, 2.75) is 57.8 Å². The molecule has 6 heteroatoms. The van der Waals surface area contributed by atoms with Gasteiger partial charge in [0.2, 0.25) is 0 Å². The third-order valence-electron chi connectivity index (χ3n) is 6.83. The number of carbonyl (C=O) groups is 1. The van der Waals surface area contributed by atoms with Crippen LogP contribution in [0.4, 0.5) is 11.4 Å². The van der Waals surface area contributed by atoms with Crippen LogP contribution >= 0.6 is 0 Å². The summed E-state index contributed by atoms with van der Waals surface area (Å²) >= 11 is 0. The number of unbranched alkanes of at least 4 members (excludes halogenated alkanes) is 1. The first-order valence-corrected chi connectivity index (χ1v) is 12.8. The Bertz CT molecular complexity index is 894. The molecule has 1 fully saturated rings. The van der Waals surface area contributed by atoms with Crippen LogP contribution in [0.25, 0.3) is 0 Å². The highest BCUT2D eigenvalue weighted by Crippen LogP contribution is 2.32. The first-order chi connectivity index (χ1) is 16.5. The van der Waals surface area contributed by atoms with E-state index < -0.39 is 0 Å². The second-order valence-electron chi connectivity index (χ2n) is 9.62. The number of anilines is 2. The fraction of sp³-hybridized carbons (Fsp3) is 0.536. The average molecular weight is 467 g/mol. The lowest BCUT2D eigenvalue weighted by Crippen LogP contribution is -2.26. The van der Waals surface area contributed by atoms with Crippen LogP contribution < -0.4 is 15.8 Å². The van der Waals surface area contributed by atoms with Crippen LogP contribution in [-0.2, 0) is 0 Å². The Morgan fingerprint density at radius 1 is 1.00 bits per heavy atom. The summed E-state index contributed by atoms with van der Waals surface area (Å²) in [4.78, 5) is 17.2. The number of carbonyl (C=O) groups excluding carboxylic acids is 1. The fourth-order valence-electron chi connectivity index (χ4n) is 4.47. The molecule has 0 saturated heterocycles. The molecular weight excluding hydrogens is 424 g/mol. The molecule has 0 radical (unpaired) electrons. The first kappa shape index (κ1) is 26.0. The minimum atomic E-state index is -0.128. The van der Waals surface area contributed by atoms with Gasteiger partial charge in [-0.3, -0.25) is 9.69 Å². The molecule has 0 spiro atoms. The van der Waals surface area contributed by atoms with Gasteiger partial charge >= 0.3 is 0 Å². The molecule has 186 valence electrons. The molecule has 0 bridgehead atoms. The number of nitrogen functional groups attached to an aromatic ring is 1. The number of benzene rings is 2. The molecule has 1 aliphatic rings. The fourth-order valence-corrected chi connectivity index (χ4v) is 4.47. The zero-order valence-corrected chi connectivity index (χ0v) is 21.2. The smallest absolute Gasteiger partial charge is 0.255 e. The summed E-state index contributed by atoms with van der Waals surface area (Å²) < 4.78 is 5.89. The SMILES string of the molecule is CCN(C)CCCCN(C)COc1ccc(NC(=O)c2ccc(C3CCCCC3)cc2)cc1N. The molecule has 1 aliphatic carbocycles. The van der Waals surface area contributed by atoms with Crippen molar-refractivity contribution in [3.8, 4) is 5.75 Å². The number of nitrogens with one attached hydrogen (secondary N) is 1. The van der Waals surface area contributed by atoms with E-state index in [2.05, 4.69) is 41.2 Å². The molecule has 0 heterocycles. The number of nitrogens with zero attached hydrogens (tertiary/aromatic N) is 2. The normalized spacial score (nSPS) is 14.5. The van der Waals surface area contributed by atoms with Crippen LogP contribution in [-0.4, -0.2) is 56.2 Å². The van der Waals surface area contributed by atoms with Crippen molar-refractivity contribution < 1.29 is 9.53 Å². The second kappa shape index (κ2) is 13.4. The van der Waals surface area contributed by atoms with Gasteiger partial charge in [0.05, 0.1) is 5.69 Å². The van der Waals surface area contributed by atoms with Gasteiger partial charge in [0.1, 0.15) is 12.5 Å². The van der Waals surface area contributed by atoms with Crippen molar-refractivity contribution in [2.24, 2.45) is 0 Å². The summed E-state index contributed by atoms with van der Waals surface area (Å²) in [6.45, 7) is 5.84. The van der Waals surface area contributed by atoms with Crippen LogP contribution in [0.3, 0.4) is 0 Å². The Morgan fingerprint density at radius 2 is 1.68 bits per heavy atom. The Morgan fingerprint density at radius 3 is 2.32 bits per heavy atom. The summed E-state index contributed by atoms with van der Waals surface area (Å²) in [6, 6.07) is 13.5. The number of hydrogen-bond acceptors (Lipinski definition) is 5. The Balaban J connectivity index is 1.45. The van der Waals surface area contributed by atoms with Crippen molar-refractivity contribution in [3.63, 3.8) is 0 Å². The molecule has 34 heavy (non-hydrogen) atoms. The van der Waals surface area contributed by atoms with Crippen molar-refractivity contribution in [1.29, 1.82) is 0 Å². The van der Waals surface area contributed by atoms with Crippen molar-refractivity contribution in [3.05, 3.63) is 53.6 Å². The monoisotopic (exact) mass is 466 g/mol. The predicted molar refractivity (Wildman–Crippen MR) is 142 cm³/mol. The Hall–Kier alpha value is -2.57. The predicted octanol–water partition coefficient (Wildman–Crippen LogP) is 5.57. The summed E-state index contributed by atoms with van der Waals surface area (Å²) in [5.74, 6) is 1.14. The zero-order chi connectivity index (χ0) is 24.3. The molecule has 0 aromatic heterocycles. The van der Waals surface area contributed by atoms with Crippen LogP contribution in [0.2, 0.25) is 0 Å². The highest BCUT2D eigenvalue weighted by molar-refractivity contribution is 6.04. The number of rotatable bonds is 12. The lowest BCUT2D eigenvalue weighted by atomic mass is 9.84. The number of ether oxygens (including phenoxy) is 1. The molecular formula is C28H42N4O2. The third-order valence-corrected chi connectivity index (χ3v) is 6.83. The van der Waals surface area contributed by atoms with Gasteiger partial charge in [-0.1, -0.05) is 38.3 Å². The van der Waals surface area contributed by atoms with Gasteiger partial charge in [0.25, 0.3) is 5.91 Å². The van der Waals surface area contributed by atoms with E-state index in [0.717, 1.165) is 26.1 Å². The number of amides is 1. The van der Waals surface area contributed by atoms with E-state index in [4.69, 9.17) is 10.5 Å². The van der Waals surface area contributed by atoms with Gasteiger partial charge in [-0.05, 0) is 94.7 Å². The maximum Gasteiger partial charge on any atom is 0.255 e. The quantitative estimate of drug-likeness (QED) is 0.243. The zero-order valence-electron chi connectivity index (χ0n) is 21.2. The van der Waals surface area contributed by atoms with E-state index in [1.165, 1.54) is 44.1 Å². The number of nitrogens with two attached hydrogens (primary N) is 1. The summed E-state index contributed by atoms with van der Waals surface area (Å²) in [5, 5.41) is 2.95. The molecule has 3 N–H and O–H groups in total. The van der Waals surface area contributed by atoms with Gasteiger partial charge in [-0.15, -0.1) is 0 Å². The van der Waals surface area contributed by atoms with Crippen LogP contribution in [0.5, 0.6) is 5.75 Å². The lowest BCUT2D eigenvalue weighted by Gasteiger charge is -2.22. The van der Waals surface area contributed by atoms with Gasteiger partial charge in [-0.2, -0.15) is 0 Å². The Labute approximate surface area is 205 Å². The standard InChI is InChI=1S/C28H42N4O2/c1-4-31(2)18-8-9-19-32(3)21-34-27-17-16-25(20-26(27)29)30-28(33)24-14-12-23(13-15-24)22-10-6-5-7-11-22/h12-17,20,22H,4-11,18-19,21,29H2,1-3H3,(H,30,33). The number of hydrogen-bond donors (Lipinski definition) is 2. The molecule has 2 aromatic carbocycles. The summed E-state index contributed by atoms with van der Waals surface area (Å²) in [6.07, 6.45) is 8.78. The van der Waals surface area contributed by atoms with Crippen molar-refractivity contribution >= 4 is 17.3 Å². The molecule has 2 aromatic rings. The van der Waals surface area contributed by atoms with E-state index >= 15 is 0 Å². The van der Waals surface area contributed by atoms with Crippen molar-refractivity contribution in [2.75, 3.05) is 51.5 Å². The van der Waals surface area contributed by atoms with Gasteiger partial charge in [-0.25, -0.2) is 0 Å². The van der Waals surface area contributed by atoms with Gasteiger partial charge < -0.3 is 20.7 Å². The molecule has 0 unspecified atom stereocenters. The van der Waals surface area contributed by atoms with E-state index in [1.807, 2.05) is 31.3 Å². The molecule has 0 atom stereocenters. The van der Waals surface area contributed by atoms with Crippen LogP contribution in [0.15, 0.2) is 42.5 Å². The van der Waals surface area contributed by atoms with Gasteiger partial charge in [0, 0.05) is 17.8 Å². The van der Waals surface area contributed by atoms with E-state index in [9.17, 15) is 4.79 Å². The molecule has 1 amide bonds. The molecule has 1 saturated carbocycles. The highest BCUT2D eigenvalue weighted by atomic mass is 16.5. The van der Waals surface area contributed by atoms with E-state index in [0.29, 0.717) is 35.3 Å². The maximum absolute atomic E-state index is 12.7. The van der Waals surface area contributed by atoms with Crippen LogP contribution in [0, 0.1) is 0 Å². The lowest BCUT2D eigenvalue weighted by molar-refractivity contribution is 0.102. The van der Waals surface area contributed by atoms with Crippen LogP contribution in [0.1, 0.15) is 73.7 Å². The first-order valence-electron chi connectivity index (χ1n) is 12.8. The molecule has 6 nitrogen and oxygen atoms in total. The van der Waals surface area contributed by atoms with E-state index in [-0.39, 0.29) is 5.91 Å². The maximum atomic E-state index is 12.7. The van der Waals surface area contributed by atoms with E-state index in [1.54, 1.807) is 6.07 Å². The largest absolute Gasteiger partial charge is 0.476 e. The molecule has 3 rings (SSSR count). The van der Waals surface area contributed by atoms with Gasteiger partial charge in [0.15, 0.2) is 0 Å².